The number of amides is 1. The van der Waals surface area contributed by atoms with Gasteiger partial charge < -0.3 is 4.90 Å². The molecule has 1 saturated heterocycles. The Morgan fingerprint density at radius 2 is 1.97 bits per heavy atom. The summed E-state index contributed by atoms with van der Waals surface area (Å²) in [6.07, 6.45) is 4.90. The summed E-state index contributed by atoms with van der Waals surface area (Å²) in [5, 5.41) is 0.748. The van der Waals surface area contributed by atoms with Crippen LogP contribution in [-0.4, -0.2) is 38.8 Å². The fraction of sp³-hybridized carbons (Fsp3) is 0.304. The van der Waals surface area contributed by atoms with Crippen molar-refractivity contribution in [1.82, 2.24) is 19.9 Å². The molecule has 1 aliphatic rings. The van der Waals surface area contributed by atoms with Crippen LogP contribution in [0.5, 0.6) is 0 Å². The van der Waals surface area contributed by atoms with Crippen LogP contribution in [0.3, 0.4) is 0 Å². The van der Waals surface area contributed by atoms with Crippen molar-refractivity contribution in [3.8, 4) is 0 Å². The van der Waals surface area contributed by atoms with Gasteiger partial charge in [-0.1, -0.05) is 23.7 Å². The molecule has 4 rings (SSSR count). The maximum atomic E-state index is 12.7. The van der Waals surface area contributed by atoms with Gasteiger partial charge in [-0.3, -0.25) is 14.8 Å². The van der Waals surface area contributed by atoms with E-state index in [1.807, 2.05) is 36.9 Å². The number of aryl methyl sites for hydroxylation is 2. The number of carbonyl (C=O) groups excluding carboxylic acids is 1. The molecule has 0 bridgehead atoms. The fourth-order valence-electron chi connectivity index (χ4n) is 3.81. The first-order valence-corrected chi connectivity index (χ1v) is 10.2. The highest BCUT2D eigenvalue weighted by Crippen LogP contribution is 2.28. The maximum Gasteiger partial charge on any atom is 0.274 e. The van der Waals surface area contributed by atoms with E-state index in [2.05, 4.69) is 28.2 Å². The molecular formula is C23H23ClN4O. The number of benzene rings is 1. The third kappa shape index (κ3) is 4.62. The normalized spacial score (nSPS) is 16.2. The molecule has 0 radical (unpaired) electrons. The van der Waals surface area contributed by atoms with Crippen LogP contribution in [0.15, 0.2) is 48.8 Å². The number of pyridine rings is 1. The second kappa shape index (κ2) is 8.29. The fourth-order valence-corrected chi connectivity index (χ4v) is 4.03. The van der Waals surface area contributed by atoms with Crippen LogP contribution < -0.4 is 0 Å². The summed E-state index contributed by atoms with van der Waals surface area (Å²) in [5.41, 5.74) is 5.63. The molecule has 0 unspecified atom stereocenters. The number of likely N-dealkylation sites (tertiary alicyclic amines) is 1. The molecule has 29 heavy (non-hydrogen) atoms. The molecule has 0 aliphatic carbocycles. The summed E-state index contributed by atoms with van der Waals surface area (Å²) in [5.74, 6) is 0.169. The van der Waals surface area contributed by atoms with E-state index >= 15 is 0 Å². The molecule has 1 aliphatic heterocycles. The molecule has 5 nitrogen and oxygen atoms in total. The Labute approximate surface area is 175 Å². The van der Waals surface area contributed by atoms with Crippen molar-refractivity contribution in [2.45, 2.75) is 32.6 Å². The van der Waals surface area contributed by atoms with Gasteiger partial charge in [-0.15, -0.1) is 0 Å². The summed E-state index contributed by atoms with van der Waals surface area (Å²) < 4.78 is 0. The number of hydrogen-bond acceptors (Lipinski definition) is 4. The number of nitrogens with zero attached hydrogens (tertiary/aromatic N) is 4. The van der Waals surface area contributed by atoms with Gasteiger partial charge in [-0.2, -0.15) is 0 Å². The highest BCUT2D eigenvalue weighted by molar-refractivity contribution is 6.30. The topological polar surface area (TPSA) is 59.0 Å². The van der Waals surface area contributed by atoms with E-state index in [0.29, 0.717) is 18.8 Å². The molecular weight excluding hydrogens is 384 g/mol. The van der Waals surface area contributed by atoms with Crippen LogP contribution in [0.4, 0.5) is 0 Å². The van der Waals surface area contributed by atoms with E-state index in [1.54, 1.807) is 12.4 Å². The predicted octanol–water partition coefficient (Wildman–Crippen LogP) is 4.36. The van der Waals surface area contributed by atoms with E-state index in [0.717, 1.165) is 34.9 Å². The van der Waals surface area contributed by atoms with Crippen LogP contribution in [0.2, 0.25) is 5.02 Å². The monoisotopic (exact) mass is 406 g/mol. The Morgan fingerprint density at radius 3 is 2.72 bits per heavy atom. The highest BCUT2D eigenvalue weighted by Gasteiger charge is 2.29. The number of hydrogen-bond donors (Lipinski definition) is 0. The van der Waals surface area contributed by atoms with Gasteiger partial charge in [0.2, 0.25) is 0 Å². The lowest BCUT2D eigenvalue weighted by Crippen LogP contribution is -2.29. The summed E-state index contributed by atoms with van der Waals surface area (Å²) in [6, 6.07) is 12.2. The zero-order chi connectivity index (χ0) is 20.4. The summed E-state index contributed by atoms with van der Waals surface area (Å²) >= 11 is 6.12. The van der Waals surface area contributed by atoms with Crippen LogP contribution in [0.25, 0.3) is 0 Å². The van der Waals surface area contributed by atoms with E-state index in [-0.39, 0.29) is 11.8 Å². The van der Waals surface area contributed by atoms with E-state index < -0.39 is 0 Å². The highest BCUT2D eigenvalue weighted by atomic mass is 35.5. The maximum absolute atomic E-state index is 12.7. The van der Waals surface area contributed by atoms with Crippen molar-refractivity contribution in [2.75, 3.05) is 13.1 Å². The van der Waals surface area contributed by atoms with Crippen LogP contribution in [-0.2, 0) is 6.42 Å². The lowest BCUT2D eigenvalue weighted by atomic mass is 9.98. The minimum absolute atomic E-state index is 0.0631. The van der Waals surface area contributed by atoms with Crippen LogP contribution in [0, 0.1) is 13.8 Å². The molecule has 6 heteroatoms. The summed E-state index contributed by atoms with van der Waals surface area (Å²) in [4.78, 5) is 27.8. The molecule has 1 amide bonds. The van der Waals surface area contributed by atoms with Crippen molar-refractivity contribution >= 4 is 17.5 Å². The molecule has 2 aromatic heterocycles. The zero-order valence-corrected chi connectivity index (χ0v) is 17.4. The molecule has 0 saturated carbocycles. The third-order valence-corrected chi connectivity index (χ3v) is 5.46. The van der Waals surface area contributed by atoms with E-state index in [4.69, 9.17) is 16.6 Å². The summed E-state index contributed by atoms with van der Waals surface area (Å²) in [6.45, 7) is 5.24. The summed E-state index contributed by atoms with van der Waals surface area (Å²) in [7, 11) is 0. The number of halogens is 1. The first-order chi connectivity index (χ1) is 14.0. The Hall–Kier alpha value is -2.79. The minimum Gasteiger partial charge on any atom is -0.337 e. The Bertz CT molecular complexity index is 1040. The molecule has 1 atom stereocenters. The average Bonchev–Trinajstić information content (AvgIpc) is 3.18. The van der Waals surface area contributed by atoms with Gasteiger partial charge in [0.15, 0.2) is 0 Å². The van der Waals surface area contributed by atoms with Crippen molar-refractivity contribution in [1.29, 1.82) is 0 Å². The van der Waals surface area contributed by atoms with Gasteiger partial charge in [-0.25, -0.2) is 4.98 Å². The van der Waals surface area contributed by atoms with Gasteiger partial charge in [-0.05, 0) is 62.1 Å². The Kier molecular flexibility index (Phi) is 5.58. The van der Waals surface area contributed by atoms with Gasteiger partial charge in [0, 0.05) is 41.6 Å². The first-order valence-electron chi connectivity index (χ1n) is 9.78. The van der Waals surface area contributed by atoms with E-state index in [9.17, 15) is 4.79 Å². The van der Waals surface area contributed by atoms with Gasteiger partial charge in [0.25, 0.3) is 5.91 Å². The Balaban J connectivity index is 1.49. The SMILES string of the molecule is Cc1cnc(C(=O)N2CC[C@@H](c3cc(Cc4cccc(Cl)c4)cc(C)n3)C2)cn1. The lowest BCUT2D eigenvalue weighted by molar-refractivity contribution is 0.0784. The van der Waals surface area contributed by atoms with Crippen molar-refractivity contribution in [2.24, 2.45) is 0 Å². The van der Waals surface area contributed by atoms with E-state index in [1.165, 1.54) is 11.1 Å². The zero-order valence-electron chi connectivity index (χ0n) is 16.6. The first kappa shape index (κ1) is 19.5. The van der Waals surface area contributed by atoms with Crippen molar-refractivity contribution in [3.05, 3.63) is 87.7 Å². The van der Waals surface area contributed by atoms with Gasteiger partial charge in [0.1, 0.15) is 5.69 Å². The number of aromatic nitrogens is 3. The minimum atomic E-state index is -0.0631. The molecule has 3 heterocycles. The molecule has 1 aromatic carbocycles. The molecule has 0 N–H and O–H groups in total. The standard InChI is InChI=1S/C23H23ClN4O/c1-15-8-18(9-17-4-3-5-20(24)10-17)11-21(27-15)19-6-7-28(14-19)23(29)22-13-25-16(2)12-26-22/h3-5,8,10-13,19H,6-7,9,14H2,1-2H3/t19-/m1/s1. The van der Waals surface area contributed by atoms with Crippen LogP contribution >= 0.6 is 11.6 Å². The van der Waals surface area contributed by atoms with Gasteiger partial charge >= 0.3 is 0 Å². The number of carbonyl (C=O) groups is 1. The average molecular weight is 407 g/mol. The number of rotatable bonds is 4. The molecule has 148 valence electrons. The van der Waals surface area contributed by atoms with Crippen molar-refractivity contribution in [3.63, 3.8) is 0 Å². The van der Waals surface area contributed by atoms with Gasteiger partial charge in [0.05, 0.1) is 11.9 Å². The smallest absolute Gasteiger partial charge is 0.274 e. The second-order valence-corrected chi connectivity index (χ2v) is 8.06. The lowest BCUT2D eigenvalue weighted by Gasteiger charge is -2.16. The van der Waals surface area contributed by atoms with Crippen LogP contribution in [0.1, 0.15) is 51.0 Å². The Morgan fingerprint density at radius 1 is 1.10 bits per heavy atom. The third-order valence-electron chi connectivity index (χ3n) is 5.22. The second-order valence-electron chi connectivity index (χ2n) is 7.63. The molecule has 0 spiro atoms. The largest absolute Gasteiger partial charge is 0.337 e. The molecule has 1 fully saturated rings. The quantitative estimate of drug-likeness (QED) is 0.645. The van der Waals surface area contributed by atoms with Crippen molar-refractivity contribution < 1.29 is 4.79 Å². The predicted molar refractivity (Wildman–Crippen MR) is 113 cm³/mol. The molecule has 3 aromatic rings.